The summed E-state index contributed by atoms with van der Waals surface area (Å²) in [7, 11) is 0. The topological polar surface area (TPSA) is 77.4 Å². The van der Waals surface area contributed by atoms with Gasteiger partial charge in [-0.1, -0.05) is 6.07 Å². The average Bonchev–Trinajstić information content (AvgIpc) is 3.03. The van der Waals surface area contributed by atoms with Crippen LogP contribution in [-0.4, -0.2) is 42.0 Å². The van der Waals surface area contributed by atoms with Gasteiger partial charge in [-0.3, -0.25) is 9.48 Å². The Morgan fingerprint density at radius 3 is 2.89 bits per heavy atom. The van der Waals surface area contributed by atoms with Crippen LogP contribution in [0, 0.1) is 0 Å². The van der Waals surface area contributed by atoms with Crippen molar-refractivity contribution in [2.75, 3.05) is 26.3 Å². The number of benzene rings is 1. The van der Waals surface area contributed by atoms with Crippen molar-refractivity contribution in [3.05, 3.63) is 41.7 Å². The number of nitrogens with zero attached hydrogens (tertiary/aromatic N) is 2. The Balaban J connectivity index is 0.00000225. The molecule has 1 atom stereocenters. The standard InChI is InChI=1S/C20H26N4O3.ClH/c25-20(14-24-8-6-17(23-24)16-3-1-7-21-13-16)22-12-15-4-5-18-19(11-15)27-10-2-9-26-18;/h4-6,8,11,16,21H,1-3,7,9-10,12-14H2,(H,22,25);1H. The minimum Gasteiger partial charge on any atom is -0.490 e. The molecule has 0 saturated carbocycles. The molecule has 0 radical (unpaired) electrons. The van der Waals surface area contributed by atoms with Crippen LogP contribution in [0.1, 0.15) is 36.4 Å². The smallest absolute Gasteiger partial charge is 0.241 e. The molecule has 2 aromatic rings. The number of piperidine rings is 1. The number of carbonyl (C=O) groups is 1. The summed E-state index contributed by atoms with van der Waals surface area (Å²) in [5.41, 5.74) is 2.06. The predicted octanol–water partition coefficient (Wildman–Crippen LogP) is 2.25. The van der Waals surface area contributed by atoms with E-state index >= 15 is 0 Å². The van der Waals surface area contributed by atoms with Crippen LogP contribution < -0.4 is 20.1 Å². The first-order valence-electron chi connectivity index (χ1n) is 9.67. The minimum absolute atomic E-state index is 0. The molecule has 2 aliphatic heterocycles. The number of aromatic nitrogens is 2. The fourth-order valence-corrected chi connectivity index (χ4v) is 3.51. The van der Waals surface area contributed by atoms with E-state index in [9.17, 15) is 4.79 Å². The number of rotatable bonds is 5. The Kier molecular flexibility index (Phi) is 7.17. The van der Waals surface area contributed by atoms with Gasteiger partial charge in [-0.25, -0.2) is 0 Å². The molecule has 7 nitrogen and oxygen atoms in total. The van der Waals surface area contributed by atoms with Gasteiger partial charge in [0.05, 0.1) is 18.9 Å². The van der Waals surface area contributed by atoms with Crippen molar-refractivity contribution in [1.29, 1.82) is 0 Å². The third kappa shape index (κ3) is 5.17. The Morgan fingerprint density at radius 2 is 2.07 bits per heavy atom. The van der Waals surface area contributed by atoms with Crippen LogP contribution in [0.4, 0.5) is 0 Å². The maximum atomic E-state index is 12.3. The fourth-order valence-electron chi connectivity index (χ4n) is 3.51. The molecule has 1 fully saturated rings. The molecule has 3 heterocycles. The number of halogens is 1. The van der Waals surface area contributed by atoms with Crippen molar-refractivity contribution in [3.63, 3.8) is 0 Å². The largest absolute Gasteiger partial charge is 0.490 e. The molecule has 1 amide bonds. The maximum Gasteiger partial charge on any atom is 0.241 e. The summed E-state index contributed by atoms with van der Waals surface area (Å²) in [5.74, 6) is 1.91. The average molecular weight is 407 g/mol. The highest BCUT2D eigenvalue weighted by Gasteiger charge is 2.18. The zero-order chi connectivity index (χ0) is 18.5. The van der Waals surface area contributed by atoms with Gasteiger partial charge in [-0.2, -0.15) is 5.10 Å². The van der Waals surface area contributed by atoms with Crippen LogP contribution in [0.15, 0.2) is 30.5 Å². The highest BCUT2D eigenvalue weighted by molar-refractivity contribution is 5.85. The van der Waals surface area contributed by atoms with Crippen molar-refractivity contribution >= 4 is 18.3 Å². The second-order valence-electron chi connectivity index (χ2n) is 7.09. The molecule has 1 saturated heterocycles. The molecule has 4 rings (SSSR count). The molecule has 2 aliphatic rings. The first kappa shape index (κ1) is 20.5. The Morgan fingerprint density at radius 1 is 1.21 bits per heavy atom. The van der Waals surface area contributed by atoms with Gasteiger partial charge in [0, 0.05) is 31.6 Å². The van der Waals surface area contributed by atoms with Crippen molar-refractivity contribution in [3.8, 4) is 11.5 Å². The molecule has 1 aromatic heterocycles. The van der Waals surface area contributed by atoms with Crippen LogP contribution in [0.25, 0.3) is 0 Å². The van der Waals surface area contributed by atoms with E-state index in [2.05, 4.69) is 15.7 Å². The third-order valence-electron chi connectivity index (χ3n) is 4.98. The van der Waals surface area contributed by atoms with E-state index in [-0.39, 0.29) is 24.9 Å². The van der Waals surface area contributed by atoms with Crippen molar-refractivity contribution < 1.29 is 14.3 Å². The molecular weight excluding hydrogens is 380 g/mol. The number of hydrogen-bond donors (Lipinski definition) is 2. The molecule has 2 N–H and O–H groups in total. The molecule has 8 heteroatoms. The van der Waals surface area contributed by atoms with Crippen molar-refractivity contribution in [1.82, 2.24) is 20.4 Å². The van der Waals surface area contributed by atoms with Crippen LogP contribution in [0.3, 0.4) is 0 Å². The zero-order valence-electron chi connectivity index (χ0n) is 15.9. The lowest BCUT2D eigenvalue weighted by Crippen LogP contribution is -2.29. The van der Waals surface area contributed by atoms with Gasteiger partial charge in [0.1, 0.15) is 6.54 Å². The van der Waals surface area contributed by atoms with E-state index in [0.717, 1.165) is 48.7 Å². The number of ether oxygens (including phenoxy) is 2. The highest BCUT2D eigenvalue weighted by Crippen LogP contribution is 2.30. The Bertz CT molecular complexity index is 790. The molecule has 0 bridgehead atoms. The molecule has 0 spiro atoms. The predicted molar refractivity (Wildman–Crippen MR) is 108 cm³/mol. The summed E-state index contributed by atoms with van der Waals surface area (Å²) in [5, 5.41) is 10.9. The summed E-state index contributed by atoms with van der Waals surface area (Å²) in [6, 6.07) is 7.81. The van der Waals surface area contributed by atoms with Gasteiger partial charge in [0.25, 0.3) is 0 Å². The van der Waals surface area contributed by atoms with Crippen molar-refractivity contribution in [2.45, 2.75) is 38.3 Å². The van der Waals surface area contributed by atoms with Gasteiger partial charge >= 0.3 is 0 Å². The summed E-state index contributed by atoms with van der Waals surface area (Å²) in [6.07, 6.45) is 5.09. The molecule has 0 aliphatic carbocycles. The van der Waals surface area contributed by atoms with E-state index in [4.69, 9.17) is 9.47 Å². The zero-order valence-corrected chi connectivity index (χ0v) is 16.7. The fraction of sp³-hybridized carbons (Fsp3) is 0.500. The summed E-state index contributed by atoms with van der Waals surface area (Å²) in [4.78, 5) is 12.3. The summed E-state index contributed by atoms with van der Waals surface area (Å²) >= 11 is 0. The number of fused-ring (bicyclic) bond motifs is 1. The van der Waals surface area contributed by atoms with Gasteiger partial charge in [0.2, 0.25) is 5.91 Å². The van der Waals surface area contributed by atoms with Crippen LogP contribution in [0.5, 0.6) is 11.5 Å². The summed E-state index contributed by atoms with van der Waals surface area (Å²) in [6.45, 7) is 4.06. The number of hydrogen-bond acceptors (Lipinski definition) is 5. The molecule has 1 unspecified atom stereocenters. The maximum absolute atomic E-state index is 12.3. The van der Waals surface area contributed by atoms with Crippen LogP contribution >= 0.6 is 12.4 Å². The Hall–Kier alpha value is -2.25. The van der Waals surface area contributed by atoms with Crippen molar-refractivity contribution in [2.24, 2.45) is 0 Å². The third-order valence-corrected chi connectivity index (χ3v) is 4.98. The van der Waals surface area contributed by atoms with E-state index in [1.54, 1.807) is 4.68 Å². The molecular formula is C20H27ClN4O3. The van der Waals surface area contributed by atoms with E-state index in [1.807, 2.05) is 30.5 Å². The minimum atomic E-state index is -0.0569. The molecule has 1 aromatic carbocycles. The van der Waals surface area contributed by atoms with Gasteiger partial charge in [-0.15, -0.1) is 12.4 Å². The van der Waals surface area contributed by atoms with Gasteiger partial charge in [0.15, 0.2) is 11.5 Å². The first-order chi connectivity index (χ1) is 13.3. The van der Waals surface area contributed by atoms with E-state index in [0.29, 0.717) is 25.7 Å². The molecule has 152 valence electrons. The first-order valence-corrected chi connectivity index (χ1v) is 9.67. The lowest BCUT2D eigenvalue weighted by atomic mass is 9.97. The lowest BCUT2D eigenvalue weighted by molar-refractivity contribution is -0.122. The highest BCUT2D eigenvalue weighted by atomic mass is 35.5. The SMILES string of the molecule is Cl.O=C(Cn1ccc(C2CCCNC2)n1)NCc1ccc2c(c1)OCCCO2. The van der Waals surface area contributed by atoms with Crippen LogP contribution in [0.2, 0.25) is 0 Å². The quantitative estimate of drug-likeness (QED) is 0.796. The Labute approximate surface area is 171 Å². The lowest BCUT2D eigenvalue weighted by Gasteiger charge is -2.20. The molecule has 28 heavy (non-hydrogen) atoms. The second-order valence-corrected chi connectivity index (χ2v) is 7.09. The van der Waals surface area contributed by atoms with Gasteiger partial charge in [-0.05, 0) is 43.1 Å². The van der Waals surface area contributed by atoms with Crippen LogP contribution in [-0.2, 0) is 17.9 Å². The summed E-state index contributed by atoms with van der Waals surface area (Å²) < 4.78 is 13.0. The van der Waals surface area contributed by atoms with E-state index in [1.165, 1.54) is 6.42 Å². The monoisotopic (exact) mass is 406 g/mol. The van der Waals surface area contributed by atoms with Gasteiger partial charge < -0.3 is 20.1 Å². The number of carbonyl (C=O) groups excluding carboxylic acids is 1. The number of nitrogens with one attached hydrogen (secondary N) is 2. The number of amides is 1. The second kappa shape index (κ2) is 9.80. The van der Waals surface area contributed by atoms with E-state index < -0.39 is 0 Å². The normalized spacial score (nSPS) is 18.6.